The standard InChI is InChI=1S/C14H15O4P/c1-17-19(16,18-2)14(15)10-12-8-5-7-11-6-3-4-9-13(11)12/h3-9H,10H2,1-2H3. The monoisotopic (exact) mass is 278 g/mol. The quantitative estimate of drug-likeness (QED) is 0.787. The molecule has 0 atom stereocenters. The van der Waals surface area contributed by atoms with Crippen molar-refractivity contribution in [2.45, 2.75) is 6.42 Å². The molecule has 0 spiro atoms. The molecule has 0 aliphatic heterocycles. The van der Waals surface area contributed by atoms with Gasteiger partial charge in [-0.15, -0.1) is 0 Å². The number of hydrogen-bond acceptors (Lipinski definition) is 4. The number of benzene rings is 2. The van der Waals surface area contributed by atoms with Crippen LogP contribution in [0.25, 0.3) is 10.8 Å². The Morgan fingerprint density at radius 3 is 2.37 bits per heavy atom. The predicted octanol–water partition coefficient (Wildman–Crippen LogP) is 3.39. The van der Waals surface area contributed by atoms with Gasteiger partial charge in [-0.05, 0) is 16.3 Å². The predicted molar refractivity (Wildman–Crippen MR) is 74.3 cm³/mol. The van der Waals surface area contributed by atoms with Gasteiger partial charge in [-0.25, -0.2) is 0 Å². The van der Waals surface area contributed by atoms with Gasteiger partial charge in [0.05, 0.1) is 0 Å². The fourth-order valence-corrected chi connectivity index (χ4v) is 2.90. The highest BCUT2D eigenvalue weighted by molar-refractivity contribution is 7.71. The number of fused-ring (bicyclic) bond motifs is 1. The van der Waals surface area contributed by atoms with Gasteiger partial charge < -0.3 is 9.05 Å². The Kier molecular flexibility index (Phi) is 4.15. The summed E-state index contributed by atoms with van der Waals surface area (Å²) in [4.78, 5) is 12.0. The lowest BCUT2D eigenvalue weighted by molar-refractivity contribution is -0.113. The summed E-state index contributed by atoms with van der Waals surface area (Å²) < 4.78 is 21.4. The second kappa shape index (κ2) is 5.66. The van der Waals surface area contributed by atoms with Crippen LogP contribution < -0.4 is 0 Å². The lowest BCUT2D eigenvalue weighted by Crippen LogP contribution is -2.07. The summed E-state index contributed by atoms with van der Waals surface area (Å²) in [5.74, 6) is 0. The molecule has 0 unspecified atom stereocenters. The summed E-state index contributed by atoms with van der Waals surface area (Å²) in [5, 5.41) is 2.01. The number of rotatable bonds is 5. The first-order chi connectivity index (χ1) is 9.10. The van der Waals surface area contributed by atoms with E-state index in [9.17, 15) is 9.36 Å². The molecule has 5 heteroatoms. The summed E-state index contributed by atoms with van der Waals surface area (Å²) >= 11 is 0. The fraction of sp³-hybridized carbons (Fsp3) is 0.214. The second-order valence-corrected chi connectivity index (χ2v) is 6.30. The van der Waals surface area contributed by atoms with Crippen molar-refractivity contribution >= 4 is 23.9 Å². The van der Waals surface area contributed by atoms with Crippen molar-refractivity contribution in [3.05, 3.63) is 48.0 Å². The van der Waals surface area contributed by atoms with E-state index in [1.807, 2.05) is 42.5 Å². The molecule has 0 aliphatic rings. The maximum absolute atomic E-state index is 12.0. The minimum absolute atomic E-state index is 0.0281. The van der Waals surface area contributed by atoms with Crippen LogP contribution in [0, 0.1) is 0 Å². The fourth-order valence-electron chi connectivity index (χ4n) is 1.98. The van der Waals surface area contributed by atoms with E-state index in [0.29, 0.717) is 0 Å². The zero-order valence-corrected chi connectivity index (χ0v) is 11.7. The lowest BCUT2D eigenvalue weighted by atomic mass is 10.0. The molecular weight excluding hydrogens is 263 g/mol. The van der Waals surface area contributed by atoms with Crippen molar-refractivity contribution in [1.82, 2.24) is 0 Å². The van der Waals surface area contributed by atoms with Gasteiger partial charge in [0.25, 0.3) is 0 Å². The van der Waals surface area contributed by atoms with Crippen molar-refractivity contribution in [2.75, 3.05) is 14.2 Å². The minimum Gasteiger partial charge on any atom is -0.307 e. The Hall–Kier alpha value is -1.48. The summed E-state index contributed by atoms with van der Waals surface area (Å²) in [7, 11) is -1.23. The molecule has 0 aromatic heterocycles. The van der Waals surface area contributed by atoms with Crippen LogP contribution in [0.15, 0.2) is 42.5 Å². The first kappa shape index (κ1) is 13.9. The van der Waals surface area contributed by atoms with Crippen molar-refractivity contribution in [1.29, 1.82) is 0 Å². The zero-order valence-electron chi connectivity index (χ0n) is 10.8. The topological polar surface area (TPSA) is 52.6 Å². The molecule has 0 fully saturated rings. The SMILES string of the molecule is COP(=O)(OC)C(=O)Cc1cccc2ccccc12. The van der Waals surface area contributed by atoms with E-state index in [0.717, 1.165) is 16.3 Å². The largest absolute Gasteiger partial charge is 0.396 e. The van der Waals surface area contributed by atoms with Gasteiger partial charge in [0.15, 0.2) is 0 Å². The molecule has 2 rings (SSSR count). The lowest BCUT2D eigenvalue weighted by Gasteiger charge is -2.12. The molecule has 2 aromatic carbocycles. The molecule has 0 heterocycles. The molecule has 0 amide bonds. The Labute approximate surface area is 111 Å². The van der Waals surface area contributed by atoms with Gasteiger partial charge in [-0.3, -0.25) is 9.36 Å². The van der Waals surface area contributed by atoms with Crippen LogP contribution in [0.3, 0.4) is 0 Å². The van der Waals surface area contributed by atoms with E-state index in [4.69, 9.17) is 9.05 Å². The zero-order chi connectivity index (χ0) is 13.9. The Morgan fingerprint density at radius 1 is 1.05 bits per heavy atom. The third kappa shape index (κ3) is 2.76. The van der Waals surface area contributed by atoms with Gasteiger partial charge in [0, 0.05) is 20.6 Å². The third-order valence-corrected chi connectivity index (χ3v) is 4.74. The van der Waals surface area contributed by atoms with Crippen LogP contribution in [-0.2, 0) is 24.8 Å². The summed E-state index contributed by atoms with van der Waals surface area (Å²) in [6.45, 7) is 0. The molecule has 19 heavy (non-hydrogen) atoms. The number of hydrogen-bond donors (Lipinski definition) is 0. The molecule has 0 bridgehead atoms. The van der Waals surface area contributed by atoms with Crippen LogP contribution in [0.2, 0.25) is 0 Å². The van der Waals surface area contributed by atoms with E-state index in [-0.39, 0.29) is 6.42 Å². The van der Waals surface area contributed by atoms with Crippen LogP contribution in [0.1, 0.15) is 5.56 Å². The van der Waals surface area contributed by atoms with Crippen LogP contribution in [-0.4, -0.2) is 19.7 Å². The Balaban J connectivity index is 2.37. The minimum atomic E-state index is -3.65. The molecule has 0 N–H and O–H groups in total. The summed E-state index contributed by atoms with van der Waals surface area (Å²) in [5.41, 5.74) is 0.284. The van der Waals surface area contributed by atoms with E-state index < -0.39 is 13.1 Å². The van der Waals surface area contributed by atoms with E-state index in [1.54, 1.807) is 0 Å². The smallest absolute Gasteiger partial charge is 0.307 e. The van der Waals surface area contributed by atoms with Gasteiger partial charge in [-0.2, -0.15) is 0 Å². The van der Waals surface area contributed by atoms with Crippen LogP contribution in [0.5, 0.6) is 0 Å². The van der Waals surface area contributed by atoms with Crippen LogP contribution >= 0.6 is 7.60 Å². The van der Waals surface area contributed by atoms with Crippen molar-refractivity contribution in [3.8, 4) is 0 Å². The maximum Gasteiger partial charge on any atom is 0.396 e. The van der Waals surface area contributed by atoms with Gasteiger partial charge in [0.2, 0.25) is 5.52 Å². The molecule has 0 saturated heterocycles. The van der Waals surface area contributed by atoms with E-state index in [2.05, 4.69) is 0 Å². The normalized spacial score (nSPS) is 11.7. The van der Waals surface area contributed by atoms with Gasteiger partial charge >= 0.3 is 7.60 Å². The summed E-state index contributed by atoms with van der Waals surface area (Å²) in [6, 6.07) is 13.4. The highest BCUT2D eigenvalue weighted by atomic mass is 31.2. The first-order valence-electron chi connectivity index (χ1n) is 5.82. The van der Waals surface area contributed by atoms with Crippen molar-refractivity contribution in [2.24, 2.45) is 0 Å². The Morgan fingerprint density at radius 2 is 1.68 bits per heavy atom. The van der Waals surface area contributed by atoms with Crippen LogP contribution in [0.4, 0.5) is 0 Å². The molecule has 0 saturated carbocycles. The average molecular weight is 278 g/mol. The number of carbonyl (C=O) groups excluding carboxylic acids is 1. The van der Waals surface area contributed by atoms with Gasteiger partial charge in [0.1, 0.15) is 0 Å². The molecule has 4 nitrogen and oxygen atoms in total. The first-order valence-corrected chi connectivity index (χ1v) is 7.36. The van der Waals surface area contributed by atoms with Gasteiger partial charge in [-0.1, -0.05) is 42.5 Å². The van der Waals surface area contributed by atoms with Crippen molar-refractivity contribution < 1.29 is 18.4 Å². The van der Waals surface area contributed by atoms with E-state index >= 15 is 0 Å². The molecule has 0 radical (unpaired) electrons. The molecular formula is C14H15O4P. The maximum atomic E-state index is 12.0. The average Bonchev–Trinajstić information content (AvgIpc) is 2.46. The highest BCUT2D eigenvalue weighted by Crippen LogP contribution is 2.48. The molecule has 2 aromatic rings. The Bertz CT molecular complexity index is 637. The highest BCUT2D eigenvalue weighted by Gasteiger charge is 2.32. The van der Waals surface area contributed by atoms with E-state index in [1.165, 1.54) is 14.2 Å². The third-order valence-electron chi connectivity index (χ3n) is 3.01. The second-order valence-electron chi connectivity index (χ2n) is 4.07. The number of carbonyl (C=O) groups is 1. The molecule has 100 valence electrons. The van der Waals surface area contributed by atoms with Crippen molar-refractivity contribution in [3.63, 3.8) is 0 Å². The molecule has 0 aliphatic carbocycles. The summed E-state index contributed by atoms with van der Waals surface area (Å²) in [6.07, 6.45) is 0.0281.